The predicted octanol–water partition coefficient (Wildman–Crippen LogP) is 5.71. The van der Waals surface area contributed by atoms with Gasteiger partial charge in [0.2, 0.25) is 0 Å². The fourth-order valence-corrected chi connectivity index (χ4v) is 3.39. The molecule has 0 aliphatic heterocycles. The van der Waals surface area contributed by atoms with E-state index in [9.17, 15) is 4.79 Å². The molecule has 0 radical (unpaired) electrons. The molecular formula is C27H31NO2. The summed E-state index contributed by atoms with van der Waals surface area (Å²) in [4.78, 5) is 13.0. The van der Waals surface area contributed by atoms with Gasteiger partial charge in [0.1, 0.15) is 5.75 Å². The molecule has 0 aromatic heterocycles. The molecule has 0 fully saturated rings. The lowest BCUT2D eigenvalue weighted by atomic mass is 9.90. The Morgan fingerprint density at radius 1 is 1.23 bits per heavy atom. The van der Waals surface area contributed by atoms with Gasteiger partial charge in [-0.05, 0) is 74.6 Å². The van der Waals surface area contributed by atoms with E-state index in [4.69, 9.17) is 11.2 Å². The average molecular weight is 402 g/mol. The van der Waals surface area contributed by atoms with Gasteiger partial charge >= 0.3 is 0 Å². The first-order chi connectivity index (χ1) is 14.2. The number of aryl methyl sites for hydroxylation is 2. The van der Waals surface area contributed by atoms with Gasteiger partial charge in [-0.2, -0.15) is 0 Å². The van der Waals surface area contributed by atoms with Gasteiger partial charge in [-0.15, -0.1) is 6.42 Å². The number of carbonyl (C=O) groups excluding carboxylic acids is 1. The highest BCUT2D eigenvalue weighted by atomic mass is 16.5. The molecule has 2 aromatic carbocycles. The number of hydrogen-bond donors (Lipinski definition) is 1. The van der Waals surface area contributed by atoms with Crippen LogP contribution in [0.2, 0.25) is 0 Å². The summed E-state index contributed by atoms with van der Waals surface area (Å²) in [5.74, 6) is 3.09. The van der Waals surface area contributed by atoms with Crippen LogP contribution in [0.5, 0.6) is 5.75 Å². The van der Waals surface area contributed by atoms with Crippen LogP contribution in [0, 0.1) is 26.2 Å². The van der Waals surface area contributed by atoms with Gasteiger partial charge in [0, 0.05) is 5.57 Å². The Bertz CT molecular complexity index is 992. The van der Waals surface area contributed by atoms with Crippen LogP contribution < -0.4 is 10.1 Å². The van der Waals surface area contributed by atoms with Crippen LogP contribution in [0.1, 0.15) is 49.4 Å². The molecule has 156 valence electrons. The minimum atomic E-state index is -0.598. The molecule has 0 saturated carbocycles. The molecule has 0 saturated heterocycles. The van der Waals surface area contributed by atoms with Crippen LogP contribution in [0.3, 0.4) is 0 Å². The maximum atomic E-state index is 13.0. The summed E-state index contributed by atoms with van der Waals surface area (Å²) in [6.07, 6.45) is 8.99. The van der Waals surface area contributed by atoms with Gasteiger partial charge in [0.05, 0.1) is 5.54 Å². The smallest absolute Gasteiger partial charge is 0.261 e. The summed E-state index contributed by atoms with van der Waals surface area (Å²) in [6.45, 7) is 13.7. The van der Waals surface area contributed by atoms with Gasteiger partial charge < -0.3 is 10.1 Å². The Hall–Kier alpha value is -3.25. The molecule has 30 heavy (non-hydrogen) atoms. The fourth-order valence-electron chi connectivity index (χ4n) is 3.39. The second-order valence-corrected chi connectivity index (χ2v) is 7.91. The van der Waals surface area contributed by atoms with Crippen molar-refractivity contribution in [3.63, 3.8) is 0 Å². The number of benzene rings is 2. The number of nitrogens with one attached hydrogen (secondary N) is 1. The van der Waals surface area contributed by atoms with Gasteiger partial charge in [-0.3, -0.25) is 4.79 Å². The summed E-state index contributed by atoms with van der Waals surface area (Å²) in [7, 11) is 0. The van der Waals surface area contributed by atoms with Crippen molar-refractivity contribution in [2.75, 3.05) is 0 Å². The topological polar surface area (TPSA) is 38.3 Å². The van der Waals surface area contributed by atoms with Crippen molar-refractivity contribution < 1.29 is 9.53 Å². The molecule has 0 bridgehead atoms. The normalized spacial score (nSPS) is 12.6. The lowest BCUT2D eigenvalue weighted by Gasteiger charge is -2.30. The van der Waals surface area contributed by atoms with E-state index in [0.29, 0.717) is 17.7 Å². The third-order valence-electron chi connectivity index (χ3n) is 5.14. The van der Waals surface area contributed by atoms with Crippen molar-refractivity contribution in [3.8, 4) is 18.1 Å². The molecule has 1 atom stereocenters. The minimum Gasteiger partial charge on any atom is -0.481 e. The summed E-state index contributed by atoms with van der Waals surface area (Å²) in [5, 5.41) is 3.15. The maximum absolute atomic E-state index is 13.0. The molecule has 3 nitrogen and oxygen atoms in total. The number of rotatable bonds is 8. The third-order valence-corrected chi connectivity index (χ3v) is 5.14. The Morgan fingerprint density at radius 2 is 1.93 bits per heavy atom. The summed E-state index contributed by atoms with van der Waals surface area (Å²) < 4.78 is 6.06. The maximum Gasteiger partial charge on any atom is 0.261 e. The van der Waals surface area contributed by atoms with Crippen LogP contribution in [0.15, 0.2) is 60.7 Å². The van der Waals surface area contributed by atoms with Crippen molar-refractivity contribution in [2.45, 2.75) is 52.7 Å². The molecule has 2 rings (SSSR count). The number of hydrogen-bond acceptors (Lipinski definition) is 2. The molecule has 0 spiro atoms. The first-order valence-electron chi connectivity index (χ1n) is 10.2. The highest BCUT2D eigenvalue weighted by Crippen LogP contribution is 2.25. The van der Waals surface area contributed by atoms with E-state index in [1.165, 1.54) is 0 Å². The van der Waals surface area contributed by atoms with Crippen molar-refractivity contribution in [2.24, 2.45) is 0 Å². The first-order valence-corrected chi connectivity index (χ1v) is 10.2. The van der Waals surface area contributed by atoms with Crippen LogP contribution in [-0.2, 0) is 10.3 Å². The van der Waals surface area contributed by atoms with Crippen molar-refractivity contribution in [1.29, 1.82) is 0 Å². The van der Waals surface area contributed by atoms with E-state index in [1.807, 2.05) is 83.2 Å². The van der Waals surface area contributed by atoms with Gasteiger partial charge in [0.15, 0.2) is 6.10 Å². The lowest BCUT2D eigenvalue weighted by molar-refractivity contribution is -0.129. The summed E-state index contributed by atoms with van der Waals surface area (Å²) in [6, 6.07) is 13.8. The van der Waals surface area contributed by atoms with Crippen LogP contribution in [-0.4, -0.2) is 12.0 Å². The van der Waals surface area contributed by atoms with E-state index in [-0.39, 0.29) is 5.91 Å². The number of carbonyl (C=O) groups is 1. The number of ether oxygens (including phenoxy) is 1. The molecule has 0 aliphatic carbocycles. The van der Waals surface area contributed by atoms with E-state index in [0.717, 1.165) is 22.3 Å². The lowest BCUT2D eigenvalue weighted by Crippen LogP contribution is -2.47. The highest BCUT2D eigenvalue weighted by molar-refractivity contribution is 5.82. The summed E-state index contributed by atoms with van der Waals surface area (Å²) in [5.41, 5.74) is 4.41. The van der Waals surface area contributed by atoms with E-state index < -0.39 is 11.6 Å². The van der Waals surface area contributed by atoms with Crippen LogP contribution >= 0.6 is 0 Å². The Kier molecular flexibility index (Phi) is 7.66. The van der Waals surface area contributed by atoms with Crippen molar-refractivity contribution in [3.05, 3.63) is 82.9 Å². The first kappa shape index (κ1) is 23.0. The zero-order chi connectivity index (χ0) is 22.3. The molecule has 3 heteroatoms. The standard InChI is InChI=1S/C27H31NO2/c1-8-21(9-2)17-22-18-23(16-15-19(22)4)30-25(10-3)26(29)28-27(6,7)24-14-12-11-13-20(24)5/h1,9,11-18,25H,2,10H2,3-7H3,(H,28,29). The molecule has 0 heterocycles. The van der Waals surface area contributed by atoms with Crippen LogP contribution in [0.25, 0.3) is 6.08 Å². The van der Waals surface area contributed by atoms with Crippen LogP contribution in [0.4, 0.5) is 0 Å². The Labute approximate surface area is 180 Å². The number of allylic oxidation sites excluding steroid dienone is 2. The molecule has 0 aliphatic rings. The summed E-state index contributed by atoms with van der Waals surface area (Å²) >= 11 is 0. The SMILES string of the molecule is C#CC(C=C)=Cc1cc(OC(CC)C(=O)NC(C)(C)c2ccccc2C)ccc1C. The van der Waals surface area contributed by atoms with E-state index >= 15 is 0 Å². The monoisotopic (exact) mass is 401 g/mol. The van der Waals surface area contributed by atoms with Crippen molar-refractivity contribution in [1.82, 2.24) is 5.32 Å². The molecule has 1 unspecified atom stereocenters. The second-order valence-electron chi connectivity index (χ2n) is 7.91. The number of amides is 1. The predicted molar refractivity (Wildman–Crippen MR) is 125 cm³/mol. The Balaban J connectivity index is 2.22. The van der Waals surface area contributed by atoms with Gasteiger partial charge in [-0.1, -0.05) is 55.8 Å². The van der Waals surface area contributed by atoms with E-state index in [1.54, 1.807) is 6.08 Å². The minimum absolute atomic E-state index is 0.140. The molecule has 2 aromatic rings. The second kappa shape index (κ2) is 9.98. The zero-order valence-electron chi connectivity index (χ0n) is 18.6. The number of terminal acetylenes is 1. The zero-order valence-corrected chi connectivity index (χ0v) is 18.6. The molecular weight excluding hydrogens is 370 g/mol. The highest BCUT2D eigenvalue weighted by Gasteiger charge is 2.28. The average Bonchev–Trinajstić information content (AvgIpc) is 2.71. The fraction of sp³-hybridized carbons (Fsp3) is 0.296. The van der Waals surface area contributed by atoms with Gasteiger partial charge in [-0.25, -0.2) is 0 Å². The Morgan fingerprint density at radius 3 is 2.53 bits per heavy atom. The van der Waals surface area contributed by atoms with E-state index in [2.05, 4.69) is 17.8 Å². The molecule has 1 N–H and O–H groups in total. The third kappa shape index (κ3) is 5.64. The quantitative estimate of drug-likeness (QED) is 0.454. The van der Waals surface area contributed by atoms with Crippen molar-refractivity contribution >= 4 is 12.0 Å². The molecule has 1 amide bonds. The van der Waals surface area contributed by atoms with Gasteiger partial charge in [0.25, 0.3) is 5.91 Å². The largest absolute Gasteiger partial charge is 0.481 e.